The maximum atomic E-state index is 11.3. The average Bonchev–Trinajstić information content (AvgIpc) is 2.86. The Morgan fingerprint density at radius 1 is 1.24 bits per heavy atom. The third-order valence-electron chi connectivity index (χ3n) is 2.51. The molecule has 1 heterocycles. The fourth-order valence-electron chi connectivity index (χ4n) is 1.50. The number of anilines is 1. The summed E-state index contributed by atoms with van der Waals surface area (Å²) in [5.41, 5.74) is 11.4. The second kappa shape index (κ2) is 5.82. The number of azo groups is 1. The number of benzene rings is 1. The molecular formula is C12H12N6O3. The van der Waals surface area contributed by atoms with Gasteiger partial charge in [0.15, 0.2) is 5.82 Å². The first-order valence-corrected chi connectivity index (χ1v) is 5.76. The number of carbonyl (C=O) groups excluding carboxylic acids is 2. The summed E-state index contributed by atoms with van der Waals surface area (Å²) in [5, 5.41) is 7.68. The van der Waals surface area contributed by atoms with Crippen molar-refractivity contribution in [2.45, 2.75) is 0 Å². The average molecular weight is 288 g/mol. The summed E-state index contributed by atoms with van der Waals surface area (Å²) < 4.78 is 4.58. The molecular weight excluding hydrogens is 276 g/mol. The summed E-state index contributed by atoms with van der Waals surface area (Å²) in [6.45, 7) is 0. The summed E-state index contributed by atoms with van der Waals surface area (Å²) in [5.74, 6) is -1.16. The molecule has 0 atom stereocenters. The zero-order valence-electron chi connectivity index (χ0n) is 11.0. The molecule has 0 saturated carbocycles. The van der Waals surface area contributed by atoms with Crippen LogP contribution in [0, 0.1) is 0 Å². The molecule has 2 rings (SSSR count). The van der Waals surface area contributed by atoms with E-state index in [9.17, 15) is 9.59 Å². The SMILES string of the molecule is COC(=O)c1ccc(N=Nc2nc(N)c(C(N)=O)[nH]2)cc1. The summed E-state index contributed by atoms with van der Waals surface area (Å²) in [6, 6.07) is 6.26. The molecule has 1 aromatic carbocycles. The van der Waals surface area contributed by atoms with E-state index in [-0.39, 0.29) is 17.5 Å². The van der Waals surface area contributed by atoms with Crippen LogP contribution in [0.3, 0.4) is 0 Å². The number of rotatable bonds is 4. The minimum atomic E-state index is -0.733. The van der Waals surface area contributed by atoms with Crippen LogP contribution in [0.4, 0.5) is 17.5 Å². The molecule has 1 aromatic heterocycles. The molecule has 108 valence electrons. The van der Waals surface area contributed by atoms with Crippen molar-refractivity contribution in [3.8, 4) is 0 Å². The van der Waals surface area contributed by atoms with Gasteiger partial charge in [-0.05, 0) is 24.3 Å². The summed E-state index contributed by atoms with van der Waals surface area (Å²) in [7, 11) is 1.30. The molecule has 0 bridgehead atoms. The van der Waals surface area contributed by atoms with Crippen molar-refractivity contribution in [2.24, 2.45) is 16.0 Å². The van der Waals surface area contributed by atoms with E-state index in [1.54, 1.807) is 24.3 Å². The zero-order chi connectivity index (χ0) is 15.4. The molecule has 0 aliphatic heterocycles. The highest BCUT2D eigenvalue weighted by Crippen LogP contribution is 2.19. The number of amides is 1. The topological polar surface area (TPSA) is 149 Å². The Bertz CT molecular complexity index is 704. The summed E-state index contributed by atoms with van der Waals surface area (Å²) in [6.07, 6.45) is 0. The molecule has 0 aliphatic carbocycles. The van der Waals surface area contributed by atoms with Gasteiger partial charge >= 0.3 is 5.97 Å². The fraction of sp³-hybridized carbons (Fsp3) is 0.0833. The molecule has 0 unspecified atom stereocenters. The number of ether oxygens (including phenoxy) is 1. The number of hydrogen-bond donors (Lipinski definition) is 3. The molecule has 0 saturated heterocycles. The van der Waals surface area contributed by atoms with Crippen LogP contribution in [0.2, 0.25) is 0 Å². The Balaban J connectivity index is 2.16. The molecule has 0 fully saturated rings. The van der Waals surface area contributed by atoms with E-state index in [0.717, 1.165) is 0 Å². The Labute approximate surface area is 119 Å². The van der Waals surface area contributed by atoms with Gasteiger partial charge in [-0.1, -0.05) is 0 Å². The van der Waals surface area contributed by atoms with Gasteiger partial charge in [-0.2, -0.15) is 4.98 Å². The number of primary amides is 1. The number of carbonyl (C=O) groups is 2. The van der Waals surface area contributed by atoms with E-state index < -0.39 is 11.9 Å². The molecule has 21 heavy (non-hydrogen) atoms. The van der Waals surface area contributed by atoms with Crippen LogP contribution in [0.25, 0.3) is 0 Å². The zero-order valence-corrected chi connectivity index (χ0v) is 11.0. The molecule has 1 amide bonds. The maximum absolute atomic E-state index is 11.3. The van der Waals surface area contributed by atoms with Gasteiger partial charge in [0.25, 0.3) is 5.91 Å². The van der Waals surface area contributed by atoms with Crippen LogP contribution in [-0.2, 0) is 4.74 Å². The van der Waals surface area contributed by atoms with Crippen molar-refractivity contribution in [1.82, 2.24) is 9.97 Å². The first kappa shape index (κ1) is 14.2. The van der Waals surface area contributed by atoms with Crippen LogP contribution in [0.1, 0.15) is 20.8 Å². The first-order valence-electron chi connectivity index (χ1n) is 5.76. The number of esters is 1. The van der Waals surface area contributed by atoms with Crippen LogP contribution in [0.5, 0.6) is 0 Å². The van der Waals surface area contributed by atoms with Crippen LogP contribution in [0.15, 0.2) is 34.5 Å². The number of methoxy groups -OCH3 is 1. The van der Waals surface area contributed by atoms with Gasteiger partial charge in [0.2, 0.25) is 5.95 Å². The minimum Gasteiger partial charge on any atom is -0.465 e. The number of hydrogen-bond acceptors (Lipinski definition) is 7. The smallest absolute Gasteiger partial charge is 0.337 e. The van der Waals surface area contributed by atoms with Gasteiger partial charge in [0, 0.05) is 0 Å². The van der Waals surface area contributed by atoms with Gasteiger partial charge in [0.05, 0.1) is 18.4 Å². The maximum Gasteiger partial charge on any atom is 0.337 e. The van der Waals surface area contributed by atoms with Gasteiger partial charge in [-0.15, -0.1) is 10.2 Å². The number of H-pyrrole nitrogens is 1. The van der Waals surface area contributed by atoms with Gasteiger partial charge < -0.3 is 21.2 Å². The number of nitrogens with two attached hydrogens (primary N) is 2. The molecule has 0 spiro atoms. The second-order valence-electron chi connectivity index (χ2n) is 3.92. The lowest BCUT2D eigenvalue weighted by Gasteiger charge is -1.98. The standard InChI is InChI=1S/C12H12N6O3/c1-21-11(20)6-2-4-7(5-3-6)17-18-12-15-8(10(14)19)9(13)16-12/h2-5H,13H2,1H3,(H2,14,19)(H,15,16). The normalized spacial score (nSPS) is 10.7. The van der Waals surface area contributed by atoms with E-state index in [2.05, 4.69) is 24.9 Å². The molecule has 0 radical (unpaired) electrons. The summed E-state index contributed by atoms with van der Waals surface area (Å²) >= 11 is 0. The molecule has 2 aromatic rings. The van der Waals surface area contributed by atoms with Crippen LogP contribution < -0.4 is 11.5 Å². The lowest BCUT2D eigenvalue weighted by Crippen LogP contribution is -2.13. The highest BCUT2D eigenvalue weighted by molar-refractivity contribution is 5.95. The van der Waals surface area contributed by atoms with E-state index >= 15 is 0 Å². The predicted octanol–water partition coefficient (Wildman–Crippen LogP) is 1.29. The number of aromatic nitrogens is 2. The number of aromatic amines is 1. The van der Waals surface area contributed by atoms with Crippen molar-refractivity contribution in [3.63, 3.8) is 0 Å². The quantitative estimate of drug-likeness (QED) is 0.572. The molecule has 0 aliphatic rings. The minimum absolute atomic E-state index is 0.0232. The largest absolute Gasteiger partial charge is 0.465 e. The van der Waals surface area contributed by atoms with E-state index in [1.165, 1.54) is 7.11 Å². The lowest BCUT2D eigenvalue weighted by atomic mass is 10.2. The third kappa shape index (κ3) is 3.21. The Morgan fingerprint density at radius 2 is 1.90 bits per heavy atom. The van der Waals surface area contributed by atoms with E-state index in [1.807, 2.05) is 0 Å². The first-order chi connectivity index (χ1) is 10.0. The predicted molar refractivity (Wildman–Crippen MR) is 73.5 cm³/mol. The molecule has 9 nitrogen and oxygen atoms in total. The van der Waals surface area contributed by atoms with Crippen molar-refractivity contribution < 1.29 is 14.3 Å². The second-order valence-corrected chi connectivity index (χ2v) is 3.92. The monoisotopic (exact) mass is 288 g/mol. The number of nitrogens with zero attached hydrogens (tertiary/aromatic N) is 3. The highest BCUT2D eigenvalue weighted by Gasteiger charge is 2.11. The van der Waals surface area contributed by atoms with Gasteiger partial charge in [0.1, 0.15) is 5.69 Å². The van der Waals surface area contributed by atoms with Crippen LogP contribution in [-0.4, -0.2) is 29.0 Å². The Kier molecular flexibility index (Phi) is 3.93. The third-order valence-corrected chi connectivity index (χ3v) is 2.51. The van der Waals surface area contributed by atoms with Crippen molar-refractivity contribution in [3.05, 3.63) is 35.5 Å². The molecule has 9 heteroatoms. The number of imidazole rings is 1. The van der Waals surface area contributed by atoms with E-state index in [4.69, 9.17) is 11.5 Å². The highest BCUT2D eigenvalue weighted by atomic mass is 16.5. The summed E-state index contributed by atoms with van der Waals surface area (Å²) in [4.78, 5) is 28.6. The number of nitrogen functional groups attached to an aromatic ring is 1. The Morgan fingerprint density at radius 3 is 2.43 bits per heavy atom. The molecule has 5 N–H and O–H groups in total. The van der Waals surface area contributed by atoms with Crippen molar-refractivity contribution >= 4 is 29.3 Å². The van der Waals surface area contributed by atoms with Gasteiger partial charge in [-0.3, -0.25) is 4.79 Å². The van der Waals surface area contributed by atoms with Crippen LogP contribution >= 0.6 is 0 Å². The van der Waals surface area contributed by atoms with Crippen molar-refractivity contribution in [2.75, 3.05) is 12.8 Å². The van der Waals surface area contributed by atoms with E-state index in [0.29, 0.717) is 11.3 Å². The number of nitrogens with one attached hydrogen (secondary N) is 1. The lowest BCUT2D eigenvalue weighted by molar-refractivity contribution is 0.0600. The fourth-order valence-corrected chi connectivity index (χ4v) is 1.50. The Hall–Kier alpha value is -3.23. The van der Waals surface area contributed by atoms with Crippen molar-refractivity contribution in [1.29, 1.82) is 0 Å². The van der Waals surface area contributed by atoms with Gasteiger partial charge in [-0.25, -0.2) is 4.79 Å².